The summed E-state index contributed by atoms with van der Waals surface area (Å²) in [5, 5.41) is 7.40. The molecule has 18 heavy (non-hydrogen) atoms. The highest BCUT2D eigenvalue weighted by atomic mass is 35.5. The van der Waals surface area contributed by atoms with Gasteiger partial charge in [0.15, 0.2) is 0 Å². The highest BCUT2D eigenvalue weighted by Crippen LogP contribution is 2.31. The number of hydrogen-bond donors (Lipinski definition) is 1. The van der Waals surface area contributed by atoms with Crippen molar-refractivity contribution >= 4 is 17.5 Å². The molecule has 0 unspecified atom stereocenters. The van der Waals surface area contributed by atoms with Gasteiger partial charge in [0.25, 0.3) is 5.91 Å². The summed E-state index contributed by atoms with van der Waals surface area (Å²) < 4.78 is 1.64. The molecule has 0 saturated heterocycles. The van der Waals surface area contributed by atoms with Gasteiger partial charge in [0.1, 0.15) is 5.69 Å². The molecule has 0 bridgehead atoms. The van der Waals surface area contributed by atoms with Crippen molar-refractivity contribution in [2.75, 3.05) is 5.88 Å². The Bertz CT molecular complexity index is 435. The van der Waals surface area contributed by atoms with Crippen molar-refractivity contribution in [1.29, 1.82) is 0 Å². The maximum absolute atomic E-state index is 12.3. The lowest BCUT2D eigenvalue weighted by atomic mass is 10.0. The number of alkyl halides is 1. The van der Waals surface area contributed by atoms with Gasteiger partial charge in [-0.05, 0) is 25.3 Å². The summed E-state index contributed by atoms with van der Waals surface area (Å²) in [6, 6.07) is 1.85. The number of halogens is 1. The highest BCUT2D eigenvalue weighted by Gasteiger charge is 2.35. The minimum atomic E-state index is -0.213. The van der Waals surface area contributed by atoms with E-state index in [9.17, 15) is 4.79 Å². The number of carbonyl (C=O) groups is 1. The molecule has 2 rings (SSSR count). The molecule has 0 aliphatic heterocycles. The van der Waals surface area contributed by atoms with Crippen molar-refractivity contribution in [3.63, 3.8) is 0 Å². The Morgan fingerprint density at radius 3 is 2.72 bits per heavy atom. The molecule has 4 nitrogen and oxygen atoms in total. The second-order valence-corrected chi connectivity index (χ2v) is 5.34. The lowest BCUT2D eigenvalue weighted by molar-refractivity contribution is 0.0899. The van der Waals surface area contributed by atoms with Gasteiger partial charge in [-0.3, -0.25) is 9.48 Å². The lowest BCUT2D eigenvalue weighted by Crippen LogP contribution is -2.48. The molecule has 1 N–H and O–H groups in total. The van der Waals surface area contributed by atoms with Crippen LogP contribution in [0.2, 0.25) is 0 Å². The molecule has 0 atom stereocenters. The molecule has 100 valence electrons. The zero-order valence-electron chi connectivity index (χ0n) is 11.0. The molecule has 1 aromatic rings. The molecule has 1 aliphatic carbocycles. The maximum atomic E-state index is 12.3. The van der Waals surface area contributed by atoms with Crippen molar-refractivity contribution in [3.05, 3.63) is 17.5 Å². The number of carbonyl (C=O) groups excluding carboxylic acids is 1. The normalized spacial score (nSPS) is 17.9. The molecular formula is C13H20ClN3O. The molecule has 1 aliphatic rings. The number of amides is 1. The van der Waals surface area contributed by atoms with Crippen LogP contribution < -0.4 is 5.32 Å². The summed E-state index contributed by atoms with van der Waals surface area (Å²) in [5.41, 5.74) is 1.34. The quantitative estimate of drug-likeness (QED) is 0.853. The maximum Gasteiger partial charge on any atom is 0.270 e. The van der Waals surface area contributed by atoms with E-state index in [0.29, 0.717) is 11.6 Å². The van der Waals surface area contributed by atoms with E-state index in [1.165, 1.54) is 0 Å². The van der Waals surface area contributed by atoms with Crippen LogP contribution in [0.1, 0.15) is 48.8 Å². The summed E-state index contributed by atoms with van der Waals surface area (Å²) in [5.74, 6) is 0.421. The molecule has 1 fully saturated rings. The Morgan fingerprint density at radius 1 is 1.56 bits per heavy atom. The number of rotatable bonds is 4. The van der Waals surface area contributed by atoms with Crippen molar-refractivity contribution in [3.8, 4) is 0 Å². The summed E-state index contributed by atoms with van der Waals surface area (Å²) in [6.07, 6.45) is 5.06. The first-order valence-corrected chi connectivity index (χ1v) is 7.05. The first-order chi connectivity index (χ1) is 8.60. The average Bonchev–Trinajstić information content (AvgIpc) is 2.96. The topological polar surface area (TPSA) is 46.9 Å². The van der Waals surface area contributed by atoms with Gasteiger partial charge in [-0.15, -0.1) is 11.6 Å². The van der Waals surface area contributed by atoms with Gasteiger partial charge in [0, 0.05) is 12.9 Å². The highest BCUT2D eigenvalue weighted by molar-refractivity contribution is 6.19. The molecule has 0 radical (unpaired) electrons. The second kappa shape index (κ2) is 5.31. The van der Waals surface area contributed by atoms with E-state index < -0.39 is 0 Å². The fourth-order valence-electron chi connectivity index (χ4n) is 2.56. The first-order valence-electron chi connectivity index (χ1n) is 6.51. The predicted molar refractivity (Wildman–Crippen MR) is 72.0 cm³/mol. The summed E-state index contributed by atoms with van der Waals surface area (Å²) in [4.78, 5) is 12.3. The molecule has 1 saturated carbocycles. The fraction of sp³-hybridized carbons (Fsp3) is 0.692. The van der Waals surface area contributed by atoms with Crippen LogP contribution in [-0.2, 0) is 13.5 Å². The smallest absolute Gasteiger partial charge is 0.270 e. The Morgan fingerprint density at radius 2 is 2.22 bits per heavy atom. The van der Waals surface area contributed by atoms with E-state index in [0.717, 1.165) is 37.8 Å². The SMILES string of the molecule is CCc1cc(C(=O)NC2(CCl)CCCC2)n(C)n1. The van der Waals surface area contributed by atoms with Crippen LogP contribution in [0.5, 0.6) is 0 Å². The van der Waals surface area contributed by atoms with Crippen molar-refractivity contribution in [1.82, 2.24) is 15.1 Å². The molecule has 1 heterocycles. The van der Waals surface area contributed by atoms with Gasteiger partial charge in [-0.1, -0.05) is 19.8 Å². The van der Waals surface area contributed by atoms with Gasteiger partial charge < -0.3 is 5.32 Å². The second-order valence-electron chi connectivity index (χ2n) is 5.07. The minimum absolute atomic E-state index is 0.0627. The van der Waals surface area contributed by atoms with E-state index in [4.69, 9.17) is 11.6 Å². The van der Waals surface area contributed by atoms with Crippen LogP contribution in [0.15, 0.2) is 6.07 Å². The van der Waals surface area contributed by atoms with E-state index >= 15 is 0 Å². The van der Waals surface area contributed by atoms with E-state index in [1.807, 2.05) is 13.0 Å². The Balaban J connectivity index is 2.13. The zero-order valence-corrected chi connectivity index (χ0v) is 11.8. The van der Waals surface area contributed by atoms with E-state index in [1.54, 1.807) is 11.7 Å². The van der Waals surface area contributed by atoms with Crippen LogP contribution in [0.25, 0.3) is 0 Å². The number of aryl methyl sites for hydroxylation is 2. The summed E-state index contributed by atoms with van der Waals surface area (Å²) in [6.45, 7) is 2.03. The minimum Gasteiger partial charge on any atom is -0.344 e. The number of aromatic nitrogens is 2. The van der Waals surface area contributed by atoms with Crippen molar-refractivity contribution < 1.29 is 4.79 Å². The van der Waals surface area contributed by atoms with Crippen LogP contribution in [0.3, 0.4) is 0 Å². The van der Waals surface area contributed by atoms with Crippen LogP contribution in [0.4, 0.5) is 0 Å². The Hall–Kier alpha value is -1.03. The van der Waals surface area contributed by atoms with Gasteiger partial charge in [0.2, 0.25) is 0 Å². The lowest BCUT2D eigenvalue weighted by Gasteiger charge is -2.27. The van der Waals surface area contributed by atoms with Gasteiger partial charge in [-0.25, -0.2) is 0 Å². The third-order valence-corrected chi connectivity index (χ3v) is 4.23. The summed E-state index contributed by atoms with van der Waals surface area (Å²) >= 11 is 6.03. The van der Waals surface area contributed by atoms with E-state index in [-0.39, 0.29) is 11.4 Å². The molecular weight excluding hydrogens is 250 g/mol. The fourth-order valence-corrected chi connectivity index (χ4v) is 2.89. The largest absolute Gasteiger partial charge is 0.344 e. The number of nitrogens with zero attached hydrogens (tertiary/aromatic N) is 2. The zero-order chi connectivity index (χ0) is 13.2. The standard InChI is InChI=1S/C13H20ClN3O/c1-3-10-8-11(17(2)16-10)12(18)15-13(9-14)6-4-5-7-13/h8H,3-7,9H2,1-2H3,(H,15,18). The molecule has 5 heteroatoms. The van der Waals surface area contributed by atoms with Crippen molar-refractivity contribution in [2.45, 2.75) is 44.6 Å². The van der Waals surface area contributed by atoms with E-state index in [2.05, 4.69) is 10.4 Å². The Kier molecular flexibility index (Phi) is 3.95. The van der Waals surface area contributed by atoms with Crippen LogP contribution >= 0.6 is 11.6 Å². The van der Waals surface area contributed by atoms with Gasteiger partial charge in [0.05, 0.1) is 11.2 Å². The molecule has 0 aromatic carbocycles. The monoisotopic (exact) mass is 269 g/mol. The Labute approximate surface area is 113 Å². The average molecular weight is 270 g/mol. The third kappa shape index (κ3) is 2.53. The molecule has 1 aromatic heterocycles. The van der Waals surface area contributed by atoms with Gasteiger partial charge >= 0.3 is 0 Å². The predicted octanol–water partition coefficient (Wildman–Crippen LogP) is 2.26. The van der Waals surface area contributed by atoms with Gasteiger partial charge in [-0.2, -0.15) is 5.10 Å². The molecule has 0 spiro atoms. The van der Waals surface area contributed by atoms with Crippen LogP contribution in [0, 0.1) is 0 Å². The summed E-state index contributed by atoms with van der Waals surface area (Å²) in [7, 11) is 1.80. The third-order valence-electron chi connectivity index (χ3n) is 3.72. The number of nitrogens with one attached hydrogen (secondary N) is 1. The number of hydrogen-bond acceptors (Lipinski definition) is 2. The van der Waals surface area contributed by atoms with Crippen LogP contribution in [-0.4, -0.2) is 27.1 Å². The van der Waals surface area contributed by atoms with Crippen molar-refractivity contribution in [2.24, 2.45) is 7.05 Å². The molecule has 1 amide bonds. The first kappa shape index (κ1) is 13.4.